The van der Waals surface area contributed by atoms with Gasteiger partial charge in [-0.25, -0.2) is 14.4 Å². The lowest BCUT2D eigenvalue weighted by Gasteiger charge is -2.39. The van der Waals surface area contributed by atoms with E-state index in [0.29, 0.717) is 36.8 Å². The van der Waals surface area contributed by atoms with Crippen LogP contribution in [-0.2, 0) is 4.79 Å². The van der Waals surface area contributed by atoms with Gasteiger partial charge in [0.1, 0.15) is 23.3 Å². The summed E-state index contributed by atoms with van der Waals surface area (Å²) < 4.78 is 19.6. The molecule has 0 bridgehead atoms. The molecule has 1 aromatic heterocycles. The van der Waals surface area contributed by atoms with Gasteiger partial charge < -0.3 is 26.0 Å². The van der Waals surface area contributed by atoms with Gasteiger partial charge in [-0.1, -0.05) is 11.6 Å². The van der Waals surface area contributed by atoms with Crippen molar-refractivity contribution >= 4 is 29.2 Å². The van der Waals surface area contributed by atoms with Crippen molar-refractivity contribution in [2.45, 2.75) is 6.04 Å². The molecule has 2 amide bonds. The summed E-state index contributed by atoms with van der Waals surface area (Å²) in [6.07, 6.45) is 0. The fourth-order valence-electron chi connectivity index (χ4n) is 3.63. The van der Waals surface area contributed by atoms with Crippen molar-refractivity contribution in [2.75, 3.05) is 31.6 Å². The average Bonchev–Trinajstić information content (AvgIpc) is 2.81. The smallest absolute Gasteiger partial charge is 0.267 e. The predicted octanol–water partition coefficient (Wildman–Crippen LogP) is 2.43. The van der Waals surface area contributed by atoms with Crippen LogP contribution in [0.4, 0.5) is 10.2 Å². The number of carbonyl (C=O) groups is 2. The standard InChI is InChI=1S/C23H22ClFN6O3/c1-30-8-9-31(18(12-30)22(27)33)20-11-17(21(26)32)28-23(29-20)13-2-5-15(6-3-13)34-19-7-4-14(24)10-16(19)25/h2-7,10-11,18H,8-9,12H2,1H3,(H2,26,32)(H2,27,33). The highest BCUT2D eigenvalue weighted by molar-refractivity contribution is 6.30. The van der Waals surface area contributed by atoms with Crippen LogP contribution in [0.5, 0.6) is 11.5 Å². The largest absolute Gasteiger partial charge is 0.454 e. The number of ether oxygens (including phenoxy) is 1. The zero-order chi connectivity index (χ0) is 24.4. The van der Waals surface area contributed by atoms with Gasteiger partial charge in [0.15, 0.2) is 17.4 Å². The summed E-state index contributed by atoms with van der Waals surface area (Å²) in [5.41, 5.74) is 11.7. The van der Waals surface area contributed by atoms with E-state index in [1.54, 1.807) is 29.2 Å². The molecule has 34 heavy (non-hydrogen) atoms. The summed E-state index contributed by atoms with van der Waals surface area (Å²) in [5, 5.41) is 0.265. The topological polar surface area (TPSA) is 128 Å². The maximum Gasteiger partial charge on any atom is 0.267 e. The Morgan fingerprint density at radius 1 is 1.09 bits per heavy atom. The number of amides is 2. The van der Waals surface area contributed by atoms with E-state index < -0.39 is 23.7 Å². The highest BCUT2D eigenvalue weighted by Gasteiger charge is 2.31. The molecule has 1 aliphatic heterocycles. The van der Waals surface area contributed by atoms with Gasteiger partial charge in [-0.3, -0.25) is 9.59 Å². The van der Waals surface area contributed by atoms with Gasteiger partial charge in [0.25, 0.3) is 5.91 Å². The lowest BCUT2D eigenvalue weighted by Crippen LogP contribution is -2.57. The molecular weight excluding hydrogens is 463 g/mol. The van der Waals surface area contributed by atoms with Crippen LogP contribution in [0, 0.1) is 5.82 Å². The first-order valence-electron chi connectivity index (χ1n) is 10.4. The summed E-state index contributed by atoms with van der Waals surface area (Å²) in [4.78, 5) is 36.6. The van der Waals surface area contributed by atoms with Gasteiger partial charge in [-0.2, -0.15) is 0 Å². The molecule has 11 heteroatoms. The molecule has 1 fully saturated rings. The van der Waals surface area contributed by atoms with Crippen molar-refractivity contribution in [3.05, 3.63) is 65.1 Å². The minimum Gasteiger partial charge on any atom is -0.454 e. The Morgan fingerprint density at radius 3 is 2.47 bits per heavy atom. The number of likely N-dealkylation sites (N-methyl/N-ethyl adjacent to an activating group) is 1. The fourth-order valence-corrected chi connectivity index (χ4v) is 3.79. The third-order valence-electron chi connectivity index (χ3n) is 5.41. The van der Waals surface area contributed by atoms with E-state index in [2.05, 4.69) is 9.97 Å². The normalized spacial score (nSPS) is 16.3. The van der Waals surface area contributed by atoms with Crippen LogP contribution in [0.25, 0.3) is 11.4 Å². The molecule has 0 aliphatic carbocycles. The first-order valence-corrected chi connectivity index (χ1v) is 10.8. The van der Waals surface area contributed by atoms with Gasteiger partial charge in [0.2, 0.25) is 5.91 Å². The first-order chi connectivity index (χ1) is 16.2. The second-order valence-electron chi connectivity index (χ2n) is 7.87. The minimum absolute atomic E-state index is 0.00529. The van der Waals surface area contributed by atoms with Crippen LogP contribution in [0.1, 0.15) is 10.5 Å². The molecular formula is C23H22ClFN6O3. The van der Waals surface area contributed by atoms with E-state index in [1.165, 1.54) is 18.2 Å². The molecule has 2 heterocycles. The number of nitrogens with two attached hydrogens (primary N) is 2. The molecule has 1 aliphatic rings. The summed E-state index contributed by atoms with van der Waals surface area (Å²) in [7, 11) is 1.90. The van der Waals surface area contributed by atoms with Crippen molar-refractivity contribution in [1.29, 1.82) is 0 Å². The summed E-state index contributed by atoms with van der Waals surface area (Å²) in [6, 6.07) is 11.5. The lowest BCUT2D eigenvalue weighted by molar-refractivity contribution is -0.120. The molecule has 0 saturated carbocycles. The number of piperazine rings is 1. The molecule has 1 atom stereocenters. The highest BCUT2D eigenvalue weighted by Crippen LogP contribution is 2.29. The molecule has 3 aromatic rings. The molecule has 2 aromatic carbocycles. The Balaban J connectivity index is 1.65. The number of halogens is 2. The Bertz CT molecular complexity index is 1240. The zero-order valence-corrected chi connectivity index (χ0v) is 19.0. The Hall–Kier alpha value is -3.76. The molecule has 4 rings (SSSR count). The maximum absolute atomic E-state index is 14.0. The number of nitrogens with zero attached hydrogens (tertiary/aromatic N) is 4. The Morgan fingerprint density at radius 2 is 1.82 bits per heavy atom. The maximum atomic E-state index is 14.0. The number of hydrogen-bond donors (Lipinski definition) is 2. The van der Waals surface area contributed by atoms with Crippen molar-refractivity contribution < 1.29 is 18.7 Å². The average molecular weight is 485 g/mol. The number of anilines is 1. The van der Waals surface area contributed by atoms with Gasteiger partial charge in [0, 0.05) is 36.3 Å². The molecule has 1 saturated heterocycles. The Kier molecular flexibility index (Phi) is 6.62. The van der Waals surface area contributed by atoms with E-state index in [4.69, 9.17) is 27.8 Å². The summed E-state index contributed by atoms with van der Waals surface area (Å²) in [6.45, 7) is 1.59. The number of aromatic nitrogens is 2. The molecule has 176 valence electrons. The van der Waals surface area contributed by atoms with Crippen molar-refractivity contribution in [1.82, 2.24) is 14.9 Å². The Labute approximate surface area is 200 Å². The van der Waals surface area contributed by atoms with E-state index >= 15 is 0 Å². The minimum atomic E-state index is -0.729. The van der Waals surface area contributed by atoms with E-state index in [-0.39, 0.29) is 22.3 Å². The number of rotatable bonds is 6. The number of carbonyl (C=O) groups excluding carboxylic acids is 2. The third-order valence-corrected chi connectivity index (χ3v) is 5.64. The molecule has 0 spiro atoms. The predicted molar refractivity (Wildman–Crippen MR) is 125 cm³/mol. The van der Waals surface area contributed by atoms with Crippen LogP contribution >= 0.6 is 11.6 Å². The first kappa shape index (κ1) is 23.4. The second kappa shape index (κ2) is 9.62. The lowest BCUT2D eigenvalue weighted by atomic mass is 10.1. The van der Waals surface area contributed by atoms with Crippen LogP contribution in [0.2, 0.25) is 5.02 Å². The highest BCUT2D eigenvalue weighted by atomic mass is 35.5. The van der Waals surface area contributed by atoms with E-state index in [0.717, 1.165) is 6.07 Å². The quantitative estimate of drug-likeness (QED) is 0.550. The van der Waals surface area contributed by atoms with Gasteiger partial charge in [-0.05, 0) is 49.5 Å². The number of benzene rings is 2. The van der Waals surface area contributed by atoms with Crippen molar-refractivity contribution in [3.63, 3.8) is 0 Å². The van der Waals surface area contributed by atoms with Crippen LogP contribution in [0.3, 0.4) is 0 Å². The summed E-state index contributed by atoms with van der Waals surface area (Å²) in [5.74, 6) is -0.800. The molecule has 4 N–H and O–H groups in total. The van der Waals surface area contributed by atoms with E-state index in [9.17, 15) is 14.0 Å². The SMILES string of the molecule is CN1CCN(c2cc(C(N)=O)nc(-c3ccc(Oc4ccc(Cl)cc4F)cc3)n2)C(C(N)=O)C1. The van der Waals surface area contributed by atoms with Crippen LogP contribution in [0.15, 0.2) is 48.5 Å². The molecule has 0 radical (unpaired) electrons. The molecule has 1 unspecified atom stereocenters. The zero-order valence-electron chi connectivity index (χ0n) is 18.2. The van der Waals surface area contributed by atoms with Gasteiger partial charge in [0.05, 0.1) is 0 Å². The molecule has 9 nitrogen and oxygen atoms in total. The van der Waals surface area contributed by atoms with Gasteiger partial charge in [-0.15, -0.1) is 0 Å². The second-order valence-corrected chi connectivity index (χ2v) is 8.31. The number of hydrogen-bond acceptors (Lipinski definition) is 7. The number of primary amides is 2. The van der Waals surface area contributed by atoms with Crippen LogP contribution in [-0.4, -0.2) is 59.4 Å². The van der Waals surface area contributed by atoms with Gasteiger partial charge >= 0.3 is 0 Å². The van der Waals surface area contributed by atoms with Crippen molar-refractivity contribution in [3.8, 4) is 22.9 Å². The fraction of sp³-hybridized carbons (Fsp3) is 0.217. The monoisotopic (exact) mass is 484 g/mol. The summed E-state index contributed by atoms with van der Waals surface area (Å²) >= 11 is 5.77. The van der Waals surface area contributed by atoms with Crippen molar-refractivity contribution in [2.24, 2.45) is 11.5 Å². The third kappa shape index (κ3) is 5.08. The van der Waals surface area contributed by atoms with E-state index in [1.807, 2.05) is 11.9 Å². The van der Waals surface area contributed by atoms with Crippen LogP contribution < -0.4 is 21.1 Å².